The predicted octanol–water partition coefficient (Wildman–Crippen LogP) is 5.47. The summed E-state index contributed by atoms with van der Waals surface area (Å²) in [6.45, 7) is 5.44. The van der Waals surface area contributed by atoms with Gasteiger partial charge in [0.2, 0.25) is 5.91 Å². The Hall–Kier alpha value is -4.45. The van der Waals surface area contributed by atoms with Crippen molar-refractivity contribution in [1.82, 2.24) is 15.1 Å². The lowest BCUT2D eigenvalue weighted by Crippen LogP contribution is -2.54. The standard InChI is InChI=1S/C37H42FN3O7S/c1-37(2,3)48-36(44)41(33-22-30(33)24-12-14-25(38)15-13-24)17-16-32(34(42)40-18-20-49(45,46)21-19-40)39-35(43)47-23-31-28-10-6-4-8-26(28)27-9-5-7-11-29(27)31/h4-15,30-33H,16-23H2,1-3H3,(H,39,43)/t30-,32-,33+/m0/s1. The molecule has 2 fully saturated rings. The number of fused-ring (bicyclic) bond motifs is 3. The van der Waals surface area contributed by atoms with Crippen LogP contribution in [0.3, 0.4) is 0 Å². The molecule has 0 aromatic heterocycles. The van der Waals surface area contributed by atoms with Crippen LogP contribution in [-0.2, 0) is 24.1 Å². The van der Waals surface area contributed by atoms with E-state index in [0.29, 0.717) is 6.42 Å². The molecular weight excluding hydrogens is 649 g/mol. The minimum Gasteiger partial charge on any atom is -0.449 e. The second kappa shape index (κ2) is 13.8. The molecular formula is C37H42FN3O7S. The molecule has 12 heteroatoms. The SMILES string of the molecule is CC(C)(C)OC(=O)N(CC[C@H](NC(=O)OCC1c2ccccc2-c2ccccc21)C(=O)N1CCS(=O)(=O)CC1)[C@@H]1C[C@H]1c1ccc(F)cc1. The van der Waals surface area contributed by atoms with Crippen molar-refractivity contribution < 1.29 is 36.7 Å². The summed E-state index contributed by atoms with van der Waals surface area (Å²) >= 11 is 0. The summed E-state index contributed by atoms with van der Waals surface area (Å²) in [7, 11) is -3.26. The lowest BCUT2D eigenvalue weighted by atomic mass is 9.98. The fourth-order valence-corrected chi connectivity index (χ4v) is 7.97. The number of halogens is 1. The van der Waals surface area contributed by atoms with E-state index in [2.05, 4.69) is 5.32 Å². The van der Waals surface area contributed by atoms with Crippen LogP contribution >= 0.6 is 0 Å². The maximum Gasteiger partial charge on any atom is 0.410 e. The molecule has 260 valence electrons. The highest BCUT2D eigenvalue weighted by Gasteiger charge is 2.46. The number of sulfone groups is 1. The van der Waals surface area contributed by atoms with Gasteiger partial charge in [-0.1, -0.05) is 60.7 Å². The summed E-state index contributed by atoms with van der Waals surface area (Å²) in [5.74, 6) is -1.34. The summed E-state index contributed by atoms with van der Waals surface area (Å²) < 4.78 is 49.3. The van der Waals surface area contributed by atoms with Crippen molar-refractivity contribution in [2.75, 3.05) is 37.7 Å². The Morgan fingerprint density at radius 3 is 2.12 bits per heavy atom. The number of hydrogen-bond acceptors (Lipinski definition) is 7. The smallest absolute Gasteiger partial charge is 0.410 e. The van der Waals surface area contributed by atoms with E-state index in [4.69, 9.17) is 9.47 Å². The molecule has 3 aliphatic rings. The zero-order chi connectivity index (χ0) is 34.9. The normalized spacial score (nSPS) is 20.0. The number of alkyl carbamates (subject to hydrolysis) is 1. The first-order valence-corrected chi connectivity index (χ1v) is 18.5. The van der Waals surface area contributed by atoms with Gasteiger partial charge in [-0.15, -0.1) is 0 Å². The number of carbonyl (C=O) groups is 3. The topological polar surface area (TPSA) is 122 Å². The van der Waals surface area contributed by atoms with E-state index in [0.717, 1.165) is 27.8 Å². The number of nitrogens with one attached hydrogen (secondary N) is 1. The van der Waals surface area contributed by atoms with Crippen LogP contribution in [0.2, 0.25) is 0 Å². The van der Waals surface area contributed by atoms with Gasteiger partial charge in [-0.25, -0.2) is 22.4 Å². The highest BCUT2D eigenvalue weighted by Crippen LogP contribution is 2.46. The fourth-order valence-electron chi connectivity index (χ4n) is 6.77. The second-order valence-corrected chi connectivity index (χ2v) is 16.2. The van der Waals surface area contributed by atoms with E-state index in [-0.39, 0.29) is 67.9 Å². The number of carbonyl (C=O) groups excluding carboxylic acids is 3. The highest BCUT2D eigenvalue weighted by molar-refractivity contribution is 7.91. The van der Waals surface area contributed by atoms with Gasteiger partial charge in [0.05, 0.1) is 11.5 Å². The second-order valence-electron chi connectivity index (χ2n) is 13.9. The quantitative estimate of drug-likeness (QED) is 0.316. The van der Waals surface area contributed by atoms with Crippen LogP contribution in [0.15, 0.2) is 72.8 Å². The highest BCUT2D eigenvalue weighted by atomic mass is 32.2. The molecule has 1 saturated heterocycles. The lowest BCUT2D eigenvalue weighted by Gasteiger charge is -2.32. The van der Waals surface area contributed by atoms with E-state index in [1.165, 1.54) is 17.0 Å². The monoisotopic (exact) mass is 691 g/mol. The summed E-state index contributed by atoms with van der Waals surface area (Å²) in [5.41, 5.74) is 4.38. The third-order valence-corrected chi connectivity index (χ3v) is 10.9. The van der Waals surface area contributed by atoms with Crippen molar-refractivity contribution >= 4 is 27.9 Å². The molecule has 3 aromatic carbocycles. The maximum absolute atomic E-state index is 13.8. The van der Waals surface area contributed by atoms with Gasteiger partial charge >= 0.3 is 12.2 Å². The van der Waals surface area contributed by atoms with E-state index < -0.39 is 39.6 Å². The molecule has 10 nitrogen and oxygen atoms in total. The average Bonchev–Trinajstić information content (AvgIpc) is 3.77. The van der Waals surface area contributed by atoms with Gasteiger partial charge in [-0.05, 0) is 73.6 Å². The number of amides is 3. The van der Waals surface area contributed by atoms with E-state index in [9.17, 15) is 27.2 Å². The van der Waals surface area contributed by atoms with Gasteiger partial charge in [0.25, 0.3) is 0 Å². The minimum absolute atomic E-state index is 0.00901. The van der Waals surface area contributed by atoms with Gasteiger partial charge in [0, 0.05) is 37.5 Å². The molecule has 3 aromatic rings. The Balaban J connectivity index is 1.18. The zero-order valence-corrected chi connectivity index (χ0v) is 28.7. The number of ether oxygens (including phenoxy) is 2. The van der Waals surface area contributed by atoms with Gasteiger partial charge < -0.3 is 24.6 Å². The van der Waals surface area contributed by atoms with Crippen molar-refractivity contribution in [2.24, 2.45) is 0 Å². The van der Waals surface area contributed by atoms with Crippen molar-refractivity contribution in [1.29, 1.82) is 0 Å². The Bertz CT molecular complexity index is 1770. The Labute approximate surface area is 286 Å². The molecule has 0 radical (unpaired) electrons. The van der Waals surface area contributed by atoms with Crippen LogP contribution < -0.4 is 5.32 Å². The maximum atomic E-state index is 13.8. The van der Waals surface area contributed by atoms with Crippen LogP contribution in [0, 0.1) is 5.82 Å². The Morgan fingerprint density at radius 2 is 1.53 bits per heavy atom. The molecule has 0 spiro atoms. The van der Waals surface area contributed by atoms with Crippen LogP contribution in [0.5, 0.6) is 0 Å². The molecule has 3 amide bonds. The molecule has 1 heterocycles. The summed E-state index contributed by atoms with van der Waals surface area (Å²) in [5, 5.41) is 2.74. The third-order valence-electron chi connectivity index (χ3n) is 9.33. The zero-order valence-electron chi connectivity index (χ0n) is 27.9. The van der Waals surface area contributed by atoms with Crippen molar-refractivity contribution in [3.63, 3.8) is 0 Å². The van der Waals surface area contributed by atoms with Crippen molar-refractivity contribution in [2.45, 2.75) is 63.1 Å². The molecule has 1 saturated carbocycles. The number of benzene rings is 3. The van der Waals surface area contributed by atoms with Crippen LogP contribution in [0.25, 0.3) is 11.1 Å². The fraction of sp³-hybridized carbons (Fsp3) is 0.432. The molecule has 0 bridgehead atoms. The van der Waals surface area contributed by atoms with Gasteiger partial charge in [0.15, 0.2) is 9.84 Å². The minimum atomic E-state index is -3.26. The van der Waals surface area contributed by atoms with Crippen LogP contribution in [-0.4, -0.2) is 91.7 Å². The van der Waals surface area contributed by atoms with Gasteiger partial charge in [-0.3, -0.25) is 4.79 Å². The van der Waals surface area contributed by atoms with E-state index in [1.807, 2.05) is 48.5 Å². The molecule has 2 aliphatic carbocycles. The summed E-state index contributed by atoms with van der Waals surface area (Å²) in [6, 6.07) is 20.8. The lowest BCUT2D eigenvalue weighted by molar-refractivity contribution is -0.133. The molecule has 1 N–H and O–H groups in total. The Kier molecular flexibility index (Phi) is 9.70. The van der Waals surface area contributed by atoms with Crippen LogP contribution in [0.1, 0.15) is 62.1 Å². The molecule has 49 heavy (non-hydrogen) atoms. The predicted molar refractivity (Wildman–Crippen MR) is 182 cm³/mol. The Morgan fingerprint density at radius 1 is 0.939 bits per heavy atom. The number of nitrogens with zero attached hydrogens (tertiary/aromatic N) is 2. The number of rotatable bonds is 9. The van der Waals surface area contributed by atoms with E-state index in [1.54, 1.807) is 37.8 Å². The summed E-state index contributed by atoms with van der Waals surface area (Å²) in [4.78, 5) is 43.7. The molecule has 1 aliphatic heterocycles. The van der Waals surface area contributed by atoms with E-state index >= 15 is 0 Å². The number of hydrogen-bond donors (Lipinski definition) is 1. The van der Waals surface area contributed by atoms with Gasteiger partial charge in [0.1, 0.15) is 24.1 Å². The molecule has 0 unspecified atom stereocenters. The first kappa shape index (κ1) is 34.4. The van der Waals surface area contributed by atoms with Crippen LogP contribution in [0.4, 0.5) is 14.0 Å². The third kappa shape index (κ3) is 8.07. The van der Waals surface area contributed by atoms with Crippen molar-refractivity contribution in [3.05, 3.63) is 95.3 Å². The van der Waals surface area contributed by atoms with Gasteiger partial charge in [-0.2, -0.15) is 0 Å². The van der Waals surface area contributed by atoms with Crippen molar-refractivity contribution in [3.8, 4) is 11.1 Å². The average molecular weight is 692 g/mol. The molecule has 3 atom stereocenters. The summed E-state index contributed by atoms with van der Waals surface area (Å²) in [6.07, 6.45) is -0.673. The molecule has 6 rings (SSSR count). The first-order valence-electron chi connectivity index (χ1n) is 16.7. The first-order chi connectivity index (χ1) is 23.3. The largest absolute Gasteiger partial charge is 0.449 e.